The zero-order valence-electron chi connectivity index (χ0n) is 14.8. The molecule has 0 atom stereocenters. The van der Waals surface area contributed by atoms with Crippen molar-refractivity contribution < 1.29 is 4.79 Å². The highest BCUT2D eigenvalue weighted by Crippen LogP contribution is 2.28. The van der Waals surface area contributed by atoms with Gasteiger partial charge < -0.3 is 11.5 Å². The summed E-state index contributed by atoms with van der Waals surface area (Å²) in [5.41, 5.74) is 13.5. The van der Waals surface area contributed by atoms with Crippen molar-refractivity contribution in [2.24, 2.45) is 21.5 Å². The zero-order chi connectivity index (χ0) is 18.7. The summed E-state index contributed by atoms with van der Waals surface area (Å²) in [6.45, 7) is 3.81. The number of hydrogen-bond acceptors (Lipinski definition) is 6. The Morgan fingerprint density at radius 3 is 2.50 bits per heavy atom. The van der Waals surface area contributed by atoms with Gasteiger partial charge in [0, 0.05) is 11.3 Å². The molecule has 0 fully saturated rings. The second kappa shape index (κ2) is 6.84. The van der Waals surface area contributed by atoms with Crippen LogP contribution in [-0.4, -0.2) is 23.4 Å². The fourth-order valence-corrected chi connectivity index (χ4v) is 2.89. The summed E-state index contributed by atoms with van der Waals surface area (Å²) in [5.74, 6) is 0.394. The van der Waals surface area contributed by atoms with Gasteiger partial charge in [0.2, 0.25) is 11.9 Å². The van der Waals surface area contributed by atoms with Crippen molar-refractivity contribution in [2.75, 3.05) is 4.90 Å². The Bertz CT molecular complexity index is 913. The molecule has 0 bridgehead atoms. The van der Waals surface area contributed by atoms with Crippen LogP contribution in [0.3, 0.4) is 0 Å². The Morgan fingerprint density at radius 1 is 1.08 bits per heavy atom. The largest absolute Gasteiger partial charge is 0.369 e. The van der Waals surface area contributed by atoms with Gasteiger partial charge in [-0.15, -0.1) is 0 Å². The summed E-state index contributed by atoms with van der Waals surface area (Å²) in [4.78, 5) is 22.4. The molecule has 3 rings (SSSR count). The van der Waals surface area contributed by atoms with Crippen molar-refractivity contribution in [3.8, 4) is 0 Å². The van der Waals surface area contributed by atoms with E-state index in [1.165, 1.54) is 0 Å². The highest BCUT2D eigenvalue weighted by Gasteiger charge is 2.32. The molecule has 0 spiro atoms. The smallest absolute Gasteiger partial charge is 0.220 e. The first-order valence-corrected chi connectivity index (χ1v) is 8.24. The van der Waals surface area contributed by atoms with Crippen LogP contribution in [-0.2, 0) is 0 Å². The molecule has 2 aromatic rings. The van der Waals surface area contributed by atoms with Gasteiger partial charge in [-0.1, -0.05) is 48.5 Å². The second-order valence-corrected chi connectivity index (χ2v) is 6.43. The van der Waals surface area contributed by atoms with Gasteiger partial charge in [0.25, 0.3) is 0 Å². The number of guanidine groups is 2. The van der Waals surface area contributed by atoms with Crippen LogP contribution in [0.4, 0.5) is 5.69 Å². The van der Waals surface area contributed by atoms with Crippen molar-refractivity contribution in [2.45, 2.75) is 19.5 Å². The lowest BCUT2D eigenvalue weighted by Crippen LogP contribution is -2.54. The Kier molecular flexibility index (Phi) is 4.58. The van der Waals surface area contributed by atoms with Crippen LogP contribution in [0.15, 0.2) is 70.7 Å². The summed E-state index contributed by atoms with van der Waals surface area (Å²) >= 11 is 0. The van der Waals surface area contributed by atoms with E-state index in [2.05, 4.69) is 9.98 Å². The maximum atomic E-state index is 12.2. The number of carbonyl (C=O) groups excluding carboxylic acids is 1. The minimum absolute atomic E-state index is 0.0484. The maximum absolute atomic E-state index is 12.2. The third-order valence-corrected chi connectivity index (χ3v) is 4.01. The van der Waals surface area contributed by atoms with Gasteiger partial charge in [0.05, 0.1) is 0 Å². The van der Waals surface area contributed by atoms with E-state index in [-0.39, 0.29) is 17.7 Å². The first-order valence-electron chi connectivity index (χ1n) is 8.24. The van der Waals surface area contributed by atoms with Crippen molar-refractivity contribution in [1.82, 2.24) is 0 Å². The van der Waals surface area contributed by atoms with E-state index < -0.39 is 5.66 Å². The fraction of sp³-hybridized carbons (Fsp3) is 0.150. The molecule has 0 aromatic heterocycles. The Balaban J connectivity index is 1.86. The Morgan fingerprint density at radius 2 is 1.81 bits per heavy atom. The lowest BCUT2D eigenvalue weighted by molar-refractivity contribution is 0.104. The molecule has 1 aliphatic heterocycles. The van der Waals surface area contributed by atoms with E-state index in [1.807, 2.05) is 56.3 Å². The van der Waals surface area contributed by atoms with Gasteiger partial charge in [-0.25, -0.2) is 4.99 Å². The number of allylic oxidation sites excluding steroid dienone is 1. The lowest BCUT2D eigenvalue weighted by Gasteiger charge is -2.38. The van der Waals surface area contributed by atoms with Crippen LogP contribution in [0.5, 0.6) is 0 Å². The maximum Gasteiger partial charge on any atom is 0.220 e. The second-order valence-electron chi connectivity index (χ2n) is 6.43. The minimum atomic E-state index is -0.655. The molecule has 0 radical (unpaired) electrons. The molecule has 6 heteroatoms. The Hall–Kier alpha value is -3.41. The predicted molar refractivity (Wildman–Crippen MR) is 106 cm³/mol. The lowest BCUT2D eigenvalue weighted by atomic mass is 10.1. The van der Waals surface area contributed by atoms with Gasteiger partial charge in [-0.3, -0.25) is 9.69 Å². The van der Waals surface area contributed by atoms with E-state index in [4.69, 9.17) is 11.5 Å². The molecule has 2 aromatic carbocycles. The zero-order valence-corrected chi connectivity index (χ0v) is 14.8. The third kappa shape index (κ3) is 3.64. The molecular formula is C20H21N5O. The predicted octanol–water partition coefficient (Wildman–Crippen LogP) is 2.77. The first kappa shape index (κ1) is 17.4. The third-order valence-electron chi connectivity index (χ3n) is 4.01. The van der Waals surface area contributed by atoms with Crippen molar-refractivity contribution >= 4 is 29.5 Å². The van der Waals surface area contributed by atoms with E-state index in [0.717, 1.165) is 11.3 Å². The van der Waals surface area contributed by atoms with Crippen LogP contribution in [0, 0.1) is 0 Å². The average Bonchev–Trinajstić information content (AvgIpc) is 2.59. The highest BCUT2D eigenvalue weighted by atomic mass is 16.1. The summed E-state index contributed by atoms with van der Waals surface area (Å²) in [5, 5.41) is 0. The van der Waals surface area contributed by atoms with Crippen molar-refractivity contribution in [3.05, 3.63) is 71.8 Å². The molecule has 0 unspecified atom stereocenters. The number of carbonyl (C=O) groups is 1. The molecule has 1 aliphatic rings. The monoisotopic (exact) mass is 347 g/mol. The van der Waals surface area contributed by atoms with Gasteiger partial charge in [0.1, 0.15) is 5.66 Å². The summed E-state index contributed by atoms with van der Waals surface area (Å²) in [6, 6.07) is 16.8. The highest BCUT2D eigenvalue weighted by molar-refractivity contribution is 6.07. The standard InChI is InChI=1S/C20H21N5O/c1-20(2)24-18(21)23-19(22)25(20)16-10-6-7-14(13-16)11-12-17(26)15-8-4-3-5-9-15/h3-13H,1-2H3,(H4,21,22,23,24). The van der Waals surface area contributed by atoms with Crippen molar-refractivity contribution in [3.63, 3.8) is 0 Å². The number of nitrogens with zero attached hydrogens (tertiary/aromatic N) is 3. The van der Waals surface area contributed by atoms with E-state index in [0.29, 0.717) is 5.56 Å². The minimum Gasteiger partial charge on any atom is -0.369 e. The molecule has 4 N–H and O–H groups in total. The number of benzene rings is 2. The quantitative estimate of drug-likeness (QED) is 0.656. The number of rotatable bonds is 4. The Labute approximate surface area is 152 Å². The molecular weight excluding hydrogens is 326 g/mol. The van der Waals surface area contributed by atoms with E-state index >= 15 is 0 Å². The topological polar surface area (TPSA) is 97.1 Å². The molecule has 26 heavy (non-hydrogen) atoms. The number of aliphatic imine (C=N–C) groups is 2. The molecule has 0 saturated heterocycles. The van der Waals surface area contributed by atoms with Gasteiger partial charge in [-0.05, 0) is 37.6 Å². The molecule has 1 heterocycles. The summed E-state index contributed by atoms with van der Waals surface area (Å²) < 4.78 is 0. The average molecular weight is 347 g/mol. The molecule has 132 valence electrons. The SMILES string of the molecule is CC1(C)N=C(N)N=C(N)N1c1cccc(C=CC(=O)c2ccccc2)c1. The number of anilines is 1. The van der Waals surface area contributed by atoms with Crippen LogP contribution < -0.4 is 16.4 Å². The van der Waals surface area contributed by atoms with Gasteiger partial charge in [0.15, 0.2) is 5.78 Å². The first-order chi connectivity index (χ1) is 12.4. The molecule has 0 aliphatic carbocycles. The van der Waals surface area contributed by atoms with Crippen LogP contribution >= 0.6 is 0 Å². The number of nitrogens with two attached hydrogens (primary N) is 2. The fourth-order valence-electron chi connectivity index (χ4n) is 2.89. The normalized spacial score (nSPS) is 16.3. The molecule has 0 amide bonds. The van der Waals surface area contributed by atoms with Crippen LogP contribution in [0.25, 0.3) is 6.08 Å². The van der Waals surface area contributed by atoms with E-state index in [1.54, 1.807) is 29.2 Å². The number of hydrogen-bond donors (Lipinski definition) is 2. The summed E-state index contributed by atoms with van der Waals surface area (Å²) in [6.07, 6.45) is 3.34. The van der Waals surface area contributed by atoms with E-state index in [9.17, 15) is 4.79 Å². The number of ketones is 1. The van der Waals surface area contributed by atoms with Crippen molar-refractivity contribution in [1.29, 1.82) is 0 Å². The van der Waals surface area contributed by atoms with Crippen LogP contribution in [0.2, 0.25) is 0 Å². The molecule has 6 nitrogen and oxygen atoms in total. The van der Waals surface area contributed by atoms with Gasteiger partial charge >= 0.3 is 0 Å². The summed E-state index contributed by atoms with van der Waals surface area (Å²) in [7, 11) is 0. The van der Waals surface area contributed by atoms with Gasteiger partial charge in [-0.2, -0.15) is 4.99 Å². The molecule has 0 saturated carbocycles. The van der Waals surface area contributed by atoms with Crippen LogP contribution in [0.1, 0.15) is 29.8 Å².